The summed E-state index contributed by atoms with van der Waals surface area (Å²) in [6.45, 7) is 2.58. The topological polar surface area (TPSA) is 83.2 Å². The Morgan fingerprint density at radius 1 is 1.33 bits per heavy atom. The summed E-state index contributed by atoms with van der Waals surface area (Å²) in [5.74, 6) is 0.135. The number of ether oxygens (including phenoxy) is 1. The molecular formula is C19H29F3IN5O2. The van der Waals surface area contributed by atoms with Crippen LogP contribution in [0.2, 0.25) is 0 Å². The molecule has 11 heteroatoms. The summed E-state index contributed by atoms with van der Waals surface area (Å²) in [6.07, 6.45) is -1.98. The van der Waals surface area contributed by atoms with Crippen LogP contribution in [0.5, 0.6) is 5.75 Å². The van der Waals surface area contributed by atoms with E-state index in [0.29, 0.717) is 12.1 Å². The van der Waals surface area contributed by atoms with Crippen molar-refractivity contribution < 1.29 is 22.7 Å². The van der Waals surface area contributed by atoms with Crippen molar-refractivity contribution in [3.63, 3.8) is 0 Å². The molecule has 0 spiro atoms. The lowest BCUT2D eigenvalue weighted by atomic mass is 10.2. The second-order valence-corrected chi connectivity index (χ2v) is 7.10. The van der Waals surface area contributed by atoms with E-state index in [0.717, 1.165) is 32.4 Å². The Labute approximate surface area is 191 Å². The fourth-order valence-corrected chi connectivity index (χ4v) is 3.20. The number of guanidine groups is 1. The first-order valence-corrected chi connectivity index (χ1v) is 9.49. The van der Waals surface area contributed by atoms with Crippen LogP contribution in [-0.4, -0.2) is 67.8 Å². The first-order valence-electron chi connectivity index (χ1n) is 9.49. The van der Waals surface area contributed by atoms with E-state index in [-0.39, 0.29) is 54.2 Å². The van der Waals surface area contributed by atoms with Crippen molar-refractivity contribution in [1.29, 1.82) is 0 Å². The number of benzene rings is 1. The number of amides is 1. The van der Waals surface area contributed by atoms with Crippen molar-refractivity contribution in [3.05, 3.63) is 29.8 Å². The van der Waals surface area contributed by atoms with E-state index in [1.807, 2.05) is 0 Å². The maximum Gasteiger partial charge on any atom is 0.573 e. The molecule has 0 bridgehead atoms. The van der Waals surface area contributed by atoms with Gasteiger partial charge < -0.3 is 20.7 Å². The van der Waals surface area contributed by atoms with Crippen LogP contribution in [0.1, 0.15) is 24.8 Å². The van der Waals surface area contributed by atoms with Crippen LogP contribution in [0.4, 0.5) is 13.2 Å². The zero-order valence-electron chi connectivity index (χ0n) is 17.1. The average Bonchev–Trinajstić information content (AvgIpc) is 3.11. The molecule has 1 heterocycles. The SMILES string of the molecule is CN(C)C(=O)C1CCCN1CCCNC(N)=NCc1ccc(OC(F)(F)F)cc1.I. The monoisotopic (exact) mass is 543 g/mol. The molecule has 3 N–H and O–H groups in total. The van der Waals surface area contributed by atoms with E-state index in [2.05, 4.69) is 19.9 Å². The molecule has 1 unspecified atom stereocenters. The summed E-state index contributed by atoms with van der Waals surface area (Å²) in [4.78, 5) is 20.2. The fourth-order valence-electron chi connectivity index (χ4n) is 3.20. The number of aliphatic imine (C=N–C) groups is 1. The first-order chi connectivity index (χ1) is 13.7. The predicted octanol–water partition coefficient (Wildman–Crippen LogP) is 2.55. The molecule has 1 aliphatic heterocycles. The number of carbonyl (C=O) groups is 1. The van der Waals surface area contributed by atoms with Crippen molar-refractivity contribution in [2.24, 2.45) is 10.7 Å². The largest absolute Gasteiger partial charge is 0.573 e. The number of alkyl halides is 3. The molecule has 0 aromatic heterocycles. The third-order valence-electron chi connectivity index (χ3n) is 4.61. The minimum Gasteiger partial charge on any atom is -0.406 e. The van der Waals surface area contributed by atoms with Gasteiger partial charge in [0, 0.05) is 27.2 Å². The maximum absolute atomic E-state index is 12.2. The molecule has 2 rings (SSSR count). The Morgan fingerprint density at radius 3 is 2.60 bits per heavy atom. The van der Waals surface area contributed by atoms with Crippen molar-refractivity contribution in [2.45, 2.75) is 38.2 Å². The molecule has 30 heavy (non-hydrogen) atoms. The zero-order chi connectivity index (χ0) is 21.4. The third kappa shape index (κ3) is 8.94. The molecule has 0 saturated carbocycles. The summed E-state index contributed by atoms with van der Waals surface area (Å²) >= 11 is 0. The molecule has 1 amide bonds. The number of likely N-dealkylation sites (N-methyl/N-ethyl adjacent to an activating group) is 1. The number of carbonyl (C=O) groups excluding carboxylic acids is 1. The summed E-state index contributed by atoms with van der Waals surface area (Å²) in [5.41, 5.74) is 6.55. The van der Waals surface area contributed by atoms with Gasteiger partial charge in [-0.25, -0.2) is 4.99 Å². The molecule has 0 radical (unpaired) electrons. The lowest BCUT2D eigenvalue weighted by molar-refractivity contribution is -0.274. The quantitative estimate of drug-likeness (QED) is 0.228. The Balaban J connectivity index is 0.00000450. The van der Waals surface area contributed by atoms with E-state index in [1.165, 1.54) is 24.3 Å². The Hall–Kier alpha value is -1.76. The van der Waals surface area contributed by atoms with E-state index in [9.17, 15) is 18.0 Å². The van der Waals surface area contributed by atoms with Crippen molar-refractivity contribution >= 4 is 35.8 Å². The highest BCUT2D eigenvalue weighted by molar-refractivity contribution is 14.0. The van der Waals surface area contributed by atoms with Crippen LogP contribution in [0, 0.1) is 0 Å². The van der Waals surface area contributed by atoms with Crippen LogP contribution in [0.3, 0.4) is 0 Å². The second kappa shape index (κ2) is 12.2. The molecule has 1 saturated heterocycles. The van der Waals surface area contributed by atoms with Crippen LogP contribution in [0.25, 0.3) is 0 Å². The Morgan fingerprint density at radius 2 is 2.00 bits per heavy atom. The fraction of sp³-hybridized carbons (Fsp3) is 0.579. The number of rotatable bonds is 8. The van der Waals surface area contributed by atoms with Gasteiger partial charge >= 0.3 is 6.36 Å². The molecule has 0 aliphatic carbocycles. The number of nitrogens with two attached hydrogens (primary N) is 1. The van der Waals surface area contributed by atoms with E-state index < -0.39 is 6.36 Å². The normalized spacial score (nSPS) is 17.4. The van der Waals surface area contributed by atoms with Gasteiger partial charge in [-0.2, -0.15) is 0 Å². The summed E-state index contributed by atoms with van der Waals surface area (Å²) in [5, 5.41) is 3.02. The molecule has 170 valence electrons. The average molecular weight is 543 g/mol. The van der Waals surface area contributed by atoms with Gasteiger partial charge in [-0.15, -0.1) is 37.1 Å². The van der Waals surface area contributed by atoms with Gasteiger partial charge in [-0.05, 0) is 43.5 Å². The van der Waals surface area contributed by atoms with Crippen molar-refractivity contribution in [3.8, 4) is 5.75 Å². The highest BCUT2D eigenvalue weighted by Gasteiger charge is 2.31. The number of nitrogens with zero attached hydrogens (tertiary/aromatic N) is 3. The van der Waals surface area contributed by atoms with Crippen molar-refractivity contribution in [2.75, 3.05) is 33.7 Å². The lowest BCUT2D eigenvalue weighted by Crippen LogP contribution is -2.43. The number of likely N-dealkylation sites (tertiary alicyclic amines) is 1. The van der Waals surface area contributed by atoms with Crippen LogP contribution >= 0.6 is 24.0 Å². The molecular weight excluding hydrogens is 514 g/mol. The number of hydrogen-bond donors (Lipinski definition) is 2. The third-order valence-corrected chi connectivity index (χ3v) is 4.61. The van der Waals surface area contributed by atoms with Gasteiger partial charge in [0.05, 0.1) is 12.6 Å². The van der Waals surface area contributed by atoms with E-state index in [4.69, 9.17) is 5.73 Å². The molecule has 7 nitrogen and oxygen atoms in total. The summed E-state index contributed by atoms with van der Waals surface area (Å²) < 4.78 is 40.3. The Kier molecular flexibility index (Phi) is 10.7. The Bertz CT molecular complexity index is 698. The molecule has 1 aromatic carbocycles. The number of hydrogen-bond acceptors (Lipinski definition) is 4. The van der Waals surface area contributed by atoms with Gasteiger partial charge in [0.2, 0.25) is 5.91 Å². The van der Waals surface area contributed by atoms with Gasteiger partial charge in [-0.3, -0.25) is 9.69 Å². The van der Waals surface area contributed by atoms with Gasteiger partial charge in [0.15, 0.2) is 5.96 Å². The summed E-state index contributed by atoms with van der Waals surface area (Å²) in [7, 11) is 3.54. The van der Waals surface area contributed by atoms with Crippen LogP contribution in [0.15, 0.2) is 29.3 Å². The maximum atomic E-state index is 12.2. The minimum absolute atomic E-state index is 0. The zero-order valence-corrected chi connectivity index (χ0v) is 19.4. The highest BCUT2D eigenvalue weighted by atomic mass is 127. The highest BCUT2D eigenvalue weighted by Crippen LogP contribution is 2.23. The van der Waals surface area contributed by atoms with Gasteiger partial charge in [0.1, 0.15) is 5.75 Å². The van der Waals surface area contributed by atoms with Crippen LogP contribution in [-0.2, 0) is 11.3 Å². The van der Waals surface area contributed by atoms with Gasteiger partial charge in [0.25, 0.3) is 0 Å². The van der Waals surface area contributed by atoms with Crippen LogP contribution < -0.4 is 15.8 Å². The molecule has 1 aliphatic rings. The minimum atomic E-state index is -4.71. The van der Waals surface area contributed by atoms with E-state index >= 15 is 0 Å². The second-order valence-electron chi connectivity index (χ2n) is 7.10. The van der Waals surface area contributed by atoms with Crippen molar-refractivity contribution in [1.82, 2.24) is 15.1 Å². The lowest BCUT2D eigenvalue weighted by Gasteiger charge is -2.26. The standard InChI is InChI=1S/C19H28F3N5O2.HI/c1-26(2)17(28)16-5-3-11-27(16)12-4-10-24-18(23)25-13-14-6-8-15(9-7-14)29-19(20,21)22;/h6-9,16H,3-5,10-13H2,1-2H3,(H3,23,24,25);1H. The van der Waals surface area contributed by atoms with E-state index in [1.54, 1.807) is 19.0 Å². The smallest absolute Gasteiger partial charge is 0.406 e. The first kappa shape index (κ1) is 26.3. The number of halogens is 4. The predicted molar refractivity (Wildman–Crippen MR) is 120 cm³/mol. The molecule has 1 atom stereocenters. The number of nitrogens with one attached hydrogen (secondary N) is 1. The van der Waals surface area contributed by atoms with Gasteiger partial charge in [-0.1, -0.05) is 12.1 Å². The molecule has 1 fully saturated rings. The summed E-state index contributed by atoms with van der Waals surface area (Å²) in [6, 6.07) is 5.45. The molecule has 1 aromatic rings.